The summed E-state index contributed by atoms with van der Waals surface area (Å²) in [6, 6.07) is 8.94. The fourth-order valence-corrected chi connectivity index (χ4v) is 2.71. The zero-order chi connectivity index (χ0) is 15.1. The molecule has 0 fully saturated rings. The summed E-state index contributed by atoms with van der Waals surface area (Å²) < 4.78 is 2.03. The molecule has 0 radical (unpaired) electrons. The molecule has 2 aromatic rings. The van der Waals surface area contributed by atoms with Gasteiger partial charge >= 0.3 is 0 Å². The standard InChI is InChI=1S/C17H26N4/c1-4-12-21-17(13-19-20-21)16(18-5-2)11-10-15-9-7-6-8-14(15)3/h6-9,13,16,18H,4-5,10-12H2,1-3H3. The fourth-order valence-electron chi connectivity index (χ4n) is 2.71. The molecule has 0 saturated carbocycles. The maximum Gasteiger partial charge on any atom is 0.0756 e. The smallest absolute Gasteiger partial charge is 0.0756 e. The number of aromatic nitrogens is 3. The van der Waals surface area contributed by atoms with Gasteiger partial charge in [0.05, 0.1) is 17.9 Å². The molecule has 4 heteroatoms. The zero-order valence-electron chi connectivity index (χ0n) is 13.3. The molecule has 0 aliphatic rings. The first-order valence-electron chi connectivity index (χ1n) is 7.92. The number of nitrogens with zero attached hydrogens (tertiary/aromatic N) is 3. The molecule has 2 rings (SSSR count). The third-order valence-electron chi connectivity index (χ3n) is 3.85. The molecule has 1 aromatic heterocycles. The molecule has 4 nitrogen and oxygen atoms in total. The van der Waals surface area contributed by atoms with Gasteiger partial charge in [0, 0.05) is 6.54 Å². The molecule has 0 bridgehead atoms. The van der Waals surface area contributed by atoms with E-state index in [1.165, 1.54) is 16.8 Å². The van der Waals surface area contributed by atoms with Crippen molar-refractivity contribution in [3.63, 3.8) is 0 Å². The van der Waals surface area contributed by atoms with Gasteiger partial charge in [-0.15, -0.1) is 5.10 Å². The van der Waals surface area contributed by atoms with Gasteiger partial charge in [0.25, 0.3) is 0 Å². The number of nitrogens with one attached hydrogen (secondary N) is 1. The highest BCUT2D eigenvalue weighted by molar-refractivity contribution is 5.25. The average molecular weight is 286 g/mol. The Balaban J connectivity index is 2.08. The fraction of sp³-hybridized carbons (Fsp3) is 0.529. The summed E-state index contributed by atoms with van der Waals surface area (Å²) in [6.45, 7) is 8.38. The van der Waals surface area contributed by atoms with Crippen LogP contribution in [0, 0.1) is 6.92 Å². The normalized spacial score (nSPS) is 12.5. The molecule has 21 heavy (non-hydrogen) atoms. The number of aryl methyl sites for hydroxylation is 3. The molecular weight excluding hydrogens is 260 g/mol. The van der Waals surface area contributed by atoms with Gasteiger partial charge in [-0.3, -0.25) is 0 Å². The van der Waals surface area contributed by atoms with Crippen molar-refractivity contribution >= 4 is 0 Å². The van der Waals surface area contributed by atoms with Gasteiger partial charge in [0.15, 0.2) is 0 Å². The Labute approximate surface area is 127 Å². The van der Waals surface area contributed by atoms with E-state index in [-0.39, 0.29) is 0 Å². The Morgan fingerprint density at radius 3 is 2.76 bits per heavy atom. The molecule has 0 aliphatic heterocycles. The van der Waals surface area contributed by atoms with Crippen LogP contribution in [0.25, 0.3) is 0 Å². The molecular formula is C17H26N4. The lowest BCUT2D eigenvalue weighted by atomic mass is 9.99. The van der Waals surface area contributed by atoms with Crippen molar-refractivity contribution in [2.24, 2.45) is 0 Å². The molecule has 1 aromatic carbocycles. The summed E-state index contributed by atoms with van der Waals surface area (Å²) in [7, 11) is 0. The van der Waals surface area contributed by atoms with Crippen LogP contribution in [0.1, 0.15) is 49.6 Å². The van der Waals surface area contributed by atoms with E-state index in [1.807, 2.05) is 10.9 Å². The van der Waals surface area contributed by atoms with E-state index >= 15 is 0 Å². The molecule has 0 aliphatic carbocycles. The second-order valence-corrected chi connectivity index (χ2v) is 5.46. The number of benzene rings is 1. The van der Waals surface area contributed by atoms with Crippen LogP contribution in [0.5, 0.6) is 0 Å². The van der Waals surface area contributed by atoms with Crippen LogP contribution in [0.4, 0.5) is 0 Å². The Morgan fingerprint density at radius 1 is 1.24 bits per heavy atom. The summed E-state index contributed by atoms with van der Waals surface area (Å²) in [5, 5.41) is 11.9. The highest BCUT2D eigenvalue weighted by Gasteiger charge is 2.16. The van der Waals surface area contributed by atoms with Gasteiger partial charge in [-0.2, -0.15) is 0 Å². The van der Waals surface area contributed by atoms with Gasteiger partial charge in [-0.1, -0.05) is 43.3 Å². The van der Waals surface area contributed by atoms with Crippen molar-refractivity contribution in [3.05, 3.63) is 47.3 Å². The number of rotatable bonds is 8. The van der Waals surface area contributed by atoms with E-state index in [0.717, 1.165) is 32.4 Å². The quantitative estimate of drug-likeness (QED) is 0.810. The predicted octanol–water partition coefficient (Wildman–Crippen LogP) is 3.28. The second kappa shape index (κ2) is 7.93. The first kappa shape index (κ1) is 15.7. The largest absolute Gasteiger partial charge is 0.309 e. The van der Waals surface area contributed by atoms with E-state index in [4.69, 9.17) is 0 Å². The van der Waals surface area contributed by atoms with Crippen LogP contribution in [-0.4, -0.2) is 21.5 Å². The third kappa shape index (κ3) is 4.14. The number of hydrogen-bond acceptors (Lipinski definition) is 3. The Morgan fingerprint density at radius 2 is 2.05 bits per heavy atom. The van der Waals surface area contributed by atoms with E-state index in [2.05, 4.69) is 60.7 Å². The first-order chi connectivity index (χ1) is 10.3. The van der Waals surface area contributed by atoms with Crippen molar-refractivity contribution in [2.75, 3.05) is 6.54 Å². The molecule has 114 valence electrons. The zero-order valence-corrected chi connectivity index (χ0v) is 13.3. The maximum atomic E-state index is 4.21. The van der Waals surface area contributed by atoms with Gasteiger partial charge in [-0.05, 0) is 43.9 Å². The van der Waals surface area contributed by atoms with Crippen molar-refractivity contribution in [2.45, 2.75) is 52.6 Å². The molecule has 0 amide bonds. The Bertz CT molecular complexity index is 547. The summed E-state index contributed by atoms with van der Waals surface area (Å²) >= 11 is 0. The van der Waals surface area contributed by atoms with E-state index in [0.29, 0.717) is 6.04 Å². The van der Waals surface area contributed by atoms with E-state index in [9.17, 15) is 0 Å². The van der Waals surface area contributed by atoms with Crippen LogP contribution in [-0.2, 0) is 13.0 Å². The van der Waals surface area contributed by atoms with Crippen LogP contribution in [0.2, 0.25) is 0 Å². The summed E-state index contributed by atoms with van der Waals surface area (Å²) in [4.78, 5) is 0. The minimum atomic E-state index is 0.316. The monoisotopic (exact) mass is 286 g/mol. The predicted molar refractivity (Wildman–Crippen MR) is 86.2 cm³/mol. The Hall–Kier alpha value is -1.68. The lowest BCUT2D eigenvalue weighted by Crippen LogP contribution is -2.24. The molecule has 1 unspecified atom stereocenters. The topological polar surface area (TPSA) is 42.7 Å². The molecule has 0 saturated heterocycles. The minimum Gasteiger partial charge on any atom is -0.309 e. The van der Waals surface area contributed by atoms with Crippen molar-refractivity contribution in [3.8, 4) is 0 Å². The summed E-state index contributed by atoms with van der Waals surface area (Å²) in [6.07, 6.45) is 5.12. The lowest BCUT2D eigenvalue weighted by Gasteiger charge is -2.19. The number of hydrogen-bond donors (Lipinski definition) is 1. The molecule has 1 N–H and O–H groups in total. The van der Waals surface area contributed by atoms with Crippen LogP contribution >= 0.6 is 0 Å². The lowest BCUT2D eigenvalue weighted by molar-refractivity contribution is 0.454. The van der Waals surface area contributed by atoms with E-state index in [1.54, 1.807) is 0 Å². The van der Waals surface area contributed by atoms with Crippen LogP contribution in [0.15, 0.2) is 30.5 Å². The Kier molecular flexibility index (Phi) is 5.93. The highest BCUT2D eigenvalue weighted by atomic mass is 15.4. The maximum absolute atomic E-state index is 4.21. The van der Waals surface area contributed by atoms with Crippen molar-refractivity contribution in [1.29, 1.82) is 0 Å². The first-order valence-corrected chi connectivity index (χ1v) is 7.92. The summed E-state index contributed by atoms with van der Waals surface area (Å²) in [5.74, 6) is 0. The molecule has 1 atom stereocenters. The second-order valence-electron chi connectivity index (χ2n) is 5.46. The van der Waals surface area contributed by atoms with Crippen LogP contribution in [0.3, 0.4) is 0 Å². The van der Waals surface area contributed by atoms with Crippen LogP contribution < -0.4 is 5.32 Å². The van der Waals surface area contributed by atoms with Gasteiger partial charge in [0.2, 0.25) is 0 Å². The third-order valence-corrected chi connectivity index (χ3v) is 3.85. The average Bonchev–Trinajstić information content (AvgIpc) is 2.93. The SMILES string of the molecule is CCCn1nncc1C(CCc1ccccc1C)NCC. The highest BCUT2D eigenvalue weighted by Crippen LogP contribution is 2.20. The minimum absolute atomic E-state index is 0.316. The van der Waals surface area contributed by atoms with E-state index < -0.39 is 0 Å². The van der Waals surface area contributed by atoms with Gasteiger partial charge in [0.1, 0.15) is 0 Å². The molecule has 1 heterocycles. The van der Waals surface area contributed by atoms with Crippen molar-refractivity contribution in [1.82, 2.24) is 20.3 Å². The van der Waals surface area contributed by atoms with Gasteiger partial charge in [-0.25, -0.2) is 4.68 Å². The van der Waals surface area contributed by atoms with Crippen molar-refractivity contribution < 1.29 is 0 Å². The molecule has 0 spiro atoms. The summed E-state index contributed by atoms with van der Waals surface area (Å²) in [5.41, 5.74) is 4.00. The van der Waals surface area contributed by atoms with Gasteiger partial charge < -0.3 is 5.32 Å².